The Morgan fingerprint density at radius 2 is 2.17 bits per heavy atom. The molecule has 1 unspecified atom stereocenters. The molecular formula is C13H18N4S. The molecule has 1 saturated carbocycles. The number of pyridine rings is 1. The first-order valence-electron chi connectivity index (χ1n) is 6.53. The van der Waals surface area contributed by atoms with E-state index in [1.54, 1.807) is 11.8 Å². The lowest BCUT2D eigenvalue weighted by Gasteiger charge is -2.17. The van der Waals surface area contributed by atoms with Gasteiger partial charge in [-0.3, -0.25) is 4.40 Å². The van der Waals surface area contributed by atoms with E-state index in [4.69, 9.17) is 5.73 Å². The van der Waals surface area contributed by atoms with Gasteiger partial charge in [-0.25, -0.2) is 0 Å². The van der Waals surface area contributed by atoms with Crippen LogP contribution in [0.15, 0.2) is 29.6 Å². The molecule has 2 aromatic rings. The van der Waals surface area contributed by atoms with Gasteiger partial charge >= 0.3 is 0 Å². The number of aromatic nitrogens is 3. The summed E-state index contributed by atoms with van der Waals surface area (Å²) in [6.45, 7) is 0. The van der Waals surface area contributed by atoms with Gasteiger partial charge in [0, 0.05) is 18.0 Å². The Hall–Kier alpha value is -1.07. The van der Waals surface area contributed by atoms with Gasteiger partial charge in [-0.1, -0.05) is 30.7 Å². The molecule has 5 heteroatoms. The van der Waals surface area contributed by atoms with Crippen LogP contribution in [-0.2, 0) is 0 Å². The van der Waals surface area contributed by atoms with Crippen LogP contribution in [0, 0.1) is 5.92 Å². The van der Waals surface area contributed by atoms with Crippen molar-refractivity contribution in [2.24, 2.45) is 11.7 Å². The van der Waals surface area contributed by atoms with E-state index in [9.17, 15) is 0 Å². The van der Waals surface area contributed by atoms with Crippen molar-refractivity contribution in [3.8, 4) is 0 Å². The molecule has 2 aromatic heterocycles. The number of hydrogen-bond donors (Lipinski definition) is 1. The Morgan fingerprint density at radius 3 is 3.00 bits per heavy atom. The fraction of sp³-hybridized carbons (Fsp3) is 0.538. The van der Waals surface area contributed by atoms with Gasteiger partial charge in [0.05, 0.1) is 0 Å². The summed E-state index contributed by atoms with van der Waals surface area (Å²) in [5.41, 5.74) is 7.16. The van der Waals surface area contributed by atoms with Crippen molar-refractivity contribution < 1.29 is 0 Å². The maximum absolute atomic E-state index is 6.26. The summed E-state index contributed by atoms with van der Waals surface area (Å²) >= 11 is 1.72. The number of thioether (sulfide) groups is 1. The fourth-order valence-electron chi connectivity index (χ4n) is 2.61. The lowest BCUT2D eigenvalue weighted by molar-refractivity contribution is 0.463. The Labute approximate surface area is 111 Å². The minimum atomic E-state index is 0.286. The van der Waals surface area contributed by atoms with E-state index in [1.807, 2.05) is 28.8 Å². The molecule has 4 nitrogen and oxygen atoms in total. The van der Waals surface area contributed by atoms with Crippen molar-refractivity contribution >= 4 is 17.4 Å². The third kappa shape index (κ3) is 2.37. The SMILES string of the molecule is NC(CSc1nnc2ccccn12)C1CCCC1. The first kappa shape index (κ1) is 12.0. The monoisotopic (exact) mass is 262 g/mol. The van der Waals surface area contributed by atoms with Crippen molar-refractivity contribution in [1.29, 1.82) is 0 Å². The van der Waals surface area contributed by atoms with Crippen molar-refractivity contribution in [3.05, 3.63) is 24.4 Å². The van der Waals surface area contributed by atoms with E-state index in [2.05, 4.69) is 10.2 Å². The normalized spacial score (nSPS) is 18.5. The van der Waals surface area contributed by atoms with Crippen LogP contribution in [0.5, 0.6) is 0 Å². The van der Waals surface area contributed by atoms with E-state index in [1.165, 1.54) is 25.7 Å². The first-order valence-corrected chi connectivity index (χ1v) is 7.51. The standard InChI is InChI=1S/C13H18N4S/c14-11(10-5-1-2-6-10)9-18-13-16-15-12-7-3-4-8-17(12)13/h3-4,7-8,10-11H,1-2,5-6,9,14H2. The number of nitrogens with zero attached hydrogens (tertiary/aromatic N) is 3. The van der Waals surface area contributed by atoms with Crippen LogP contribution in [0.4, 0.5) is 0 Å². The lowest BCUT2D eigenvalue weighted by atomic mass is 10.0. The third-order valence-corrected chi connectivity index (χ3v) is 4.78. The van der Waals surface area contributed by atoms with E-state index in [0.29, 0.717) is 5.92 Å². The fourth-order valence-corrected chi connectivity index (χ4v) is 3.62. The molecule has 0 bridgehead atoms. The van der Waals surface area contributed by atoms with Crippen molar-refractivity contribution in [1.82, 2.24) is 14.6 Å². The second-order valence-corrected chi connectivity index (χ2v) is 5.92. The molecule has 2 heterocycles. The molecule has 1 atom stereocenters. The second-order valence-electron chi connectivity index (χ2n) is 4.93. The molecule has 1 aliphatic carbocycles. The minimum absolute atomic E-state index is 0.286. The molecule has 0 amide bonds. The molecule has 2 N–H and O–H groups in total. The van der Waals surface area contributed by atoms with E-state index in [-0.39, 0.29) is 6.04 Å². The summed E-state index contributed by atoms with van der Waals surface area (Å²) in [5.74, 6) is 1.64. The van der Waals surface area contributed by atoms with Gasteiger partial charge in [0.25, 0.3) is 0 Å². The van der Waals surface area contributed by atoms with Gasteiger partial charge in [-0.2, -0.15) is 0 Å². The number of fused-ring (bicyclic) bond motifs is 1. The molecular weight excluding hydrogens is 244 g/mol. The van der Waals surface area contributed by atoms with Crippen LogP contribution in [0.1, 0.15) is 25.7 Å². The predicted octanol–water partition coefficient (Wildman–Crippen LogP) is 2.34. The molecule has 1 fully saturated rings. The van der Waals surface area contributed by atoms with Crippen molar-refractivity contribution in [2.75, 3.05) is 5.75 Å². The summed E-state index contributed by atoms with van der Waals surface area (Å²) in [7, 11) is 0. The highest BCUT2D eigenvalue weighted by atomic mass is 32.2. The van der Waals surface area contributed by atoms with E-state index < -0.39 is 0 Å². The van der Waals surface area contributed by atoms with Crippen LogP contribution in [0.25, 0.3) is 5.65 Å². The molecule has 0 radical (unpaired) electrons. The van der Waals surface area contributed by atoms with Gasteiger partial charge in [0.15, 0.2) is 10.8 Å². The minimum Gasteiger partial charge on any atom is -0.327 e. The Kier molecular flexibility index (Phi) is 3.52. The summed E-state index contributed by atoms with van der Waals surface area (Å²) in [4.78, 5) is 0. The topological polar surface area (TPSA) is 56.2 Å². The maximum atomic E-state index is 6.26. The molecule has 0 spiro atoms. The lowest BCUT2D eigenvalue weighted by Crippen LogP contribution is -2.30. The molecule has 96 valence electrons. The number of nitrogens with two attached hydrogens (primary N) is 1. The molecule has 3 rings (SSSR count). The van der Waals surface area contributed by atoms with Crippen LogP contribution < -0.4 is 5.73 Å². The van der Waals surface area contributed by atoms with Crippen LogP contribution >= 0.6 is 11.8 Å². The van der Waals surface area contributed by atoms with Gasteiger partial charge in [0.1, 0.15) is 0 Å². The molecule has 0 aromatic carbocycles. The average molecular weight is 262 g/mol. The smallest absolute Gasteiger partial charge is 0.195 e. The molecule has 0 saturated heterocycles. The average Bonchev–Trinajstić information content (AvgIpc) is 3.06. The zero-order chi connectivity index (χ0) is 12.4. The number of rotatable bonds is 4. The number of hydrogen-bond acceptors (Lipinski definition) is 4. The summed E-state index contributed by atoms with van der Waals surface area (Å²) in [6.07, 6.45) is 7.27. The van der Waals surface area contributed by atoms with Crippen molar-refractivity contribution in [2.45, 2.75) is 36.9 Å². The highest BCUT2D eigenvalue weighted by Crippen LogP contribution is 2.29. The van der Waals surface area contributed by atoms with Gasteiger partial charge in [0.2, 0.25) is 0 Å². The van der Waals surface area contributed by atoms with Crippen LogP contribution in [-0.4, -0.2) is 26.4 Å². The zero-order valence-electron chi connectivity index (χ0n) is 10.3. The molecule has 18 heavy (non-hydrogen) atoms. The maximum Gasteiger partial charge on any atom is 0.195 e. The van der Waals surface area contributed by atoms with Crippen molar-refractivity contribution in [3.63, 3.8) is 0 Å². The summed E-state index contributed by atoms with van der Waals surface area (Å²) in [6, 6.07) is 6.22. The Bertz CT molecular complexity index is 518. The predicted molar refractivity (Wildman–Crippen MR) is 73.6 cm³/mol. The Balaban J connectivity index is 1.65. The van der Waals surface area contributed by atoms with Gasteiger partial charge < -0.3 is 5.73 Å². The quantitative estimate of drug-likeness (QED) is 0.859. The summed E-state index contributed by atoms with van der Waals surface area (Å²) < 4.78 is 2.02. The Morgan fingerprint density at radius 1 is 1.33 bits per heavy atom. The van der Waals surface area contributed by atoms with Gasteiger partial charge in [-0.15, -0.1) is 10.2 Å². The highest BCUT2D eigenvalue weighted by molar-refractivity contribution is 7.99. The third-order valence-electron chi connectivity index (χ3n) is 3.69. The highest BCUT2D eigenvalue weighted by Gasteiger charge is 2.22. The molecule has 1 aliphatic rings. The second kappa shape index (κ2) is 5.28. The molecule has 0 aliphatic heterocycles. The van der Waals surface area contributed by atoms with E-state index in [0.717, 1.165) is 16.6 Å². The summed E-state index contributed by atoms with van der Waals surface area (Å²) in [5, 5.41) is 9.30. The van der Waals surface area contributed by atoms with E-state index >= 15 is 0 Å². The first-order chi connectivity index (χ1) is 8.84. The van der Waals surface area contributed by atoms with Crippen LogP contribution in [0.3, 0.4) is 0 Å². The van der Waals surface area contributed by atoms with Gasteiger partial charge in [-0.05, 0) is 30.9 Å². The zero-order valence-corrected chi connectivity index (χ0v) is 11.1. The van der Waals surface area contributed by atoms with Crippen LogP contribution in [0.2, 0.25) is 0 Å². The largest absolute Gasteiger partial charge is 0.327 e.